The van der Waals surface area contributed by atoms with Gasteiger partial charge in [-0.15, -0.1) is 0 Å². The first-order valence-corrected chi connectivity index (χ1v) is 8.65. The molecule has 0 aromatic heterocycles. The average molecular weight is 344 g/mol. The van der Waals surface area contributed by atoms with Gasteiger partial charge in [0.05, 0.1) is 5.92 Å². The first kappa shape index (κ1) is 17.5. The molecule has 0 N–H and O–H groups in total. The van der Waals surface area contributed by atoms with Crippen LogP contribution in [0.4, 0.5) is 4.79 Å². The predicted molar refractivity (Wildman–Crippen MR) is 92.5 cm³/mol. The summed E-state index contributed by atoms with van der Waals surface area (Å²) in [7, 11) is 0. The molecule has 0 spiro atoms. The molecule has 1 aromatic carbocycles. The maximum absolute atomic E-state index is 12.9. The van der Waals surface area contributed by atoms with Crippen molar-refractivity contribution >= 4 is 17.8 Å². The Labute approximate surface area is 147 Å². The van der Waals surface area contributed by atoms with Crippen LogP contribution in [0.1, 0.15) is 49.0 Å². The van der Waals surface area contributed by atoms with Gasteiger partial charge in [-0.05, 0) is 26.3 Å². The quantitative estimate of drug-likeness (QED) is 0.785. The van der Waals surface area contributed by atoms with E-state index >= 15 is 0 Å². The zero-order chi connectivity index (χ0) is 18.2. The number of ketones is 1. The summed E-state index contributed by atoms with van der Waals surface area (Å²) in [4.78, 5) is 40.4. The normalized spacial score (nSPS) is 20.4. The molecule has 1 aliphatic carbocycles. The van der Waals surface area contributed by atoms with Gasteiger partial charge in [-0.1, -0.05) is 24.3 Å². The number of nitrogens with zero attached hydrogens (tertiary/aromatic N) is 2. The molecule has 1 fully saturated rings. The van der Waals surface area contributed by atoms with E-state index in [1.54, 1.807) is 15.9 Å². The van der Waals surface area contributed by atoms with E-state index in [2.05, 4.69) is 0 Å². The van der Waals surface area contributed by atoms with Gasteiger partial charge in [0.15, 0.2) is 5.78 Å². The number of Topliss-reactive ketones (excluding diaryl/α,β-unsaturated/α-hetero) is 1. The zero-order valence-corrected chi connectivity index (χ0v) is 14.9. The lowest BCUT2D eigenvalue weighted by Crippen LogP contribution is -2.52. The fourth-order valence-corrected chi connectivity index (χ4v) is 3.34. The minimum absolute atomic E-state index is 0.0258. The number of amides is 2. The number of hydrogen-bond acceptors (Lipinski definition) is 4. The van der Waals surface area contributed by atoms with Crippen molar-refractivity contribution in [3.05, 3.63) is 35.4 Å². The van der Waals surface area contributed by atoms with Crippen LogP contribution in [0.2, 0.25) is 0 Å². The number of fused-ring (bicyclic) bond motifs is 1. The van der Waals surface area contributed by atoms with E-state index in [9.17, 15) is 14.4 Å². The molecular weight excluding hydrogens is 320 g/mol. The first-order valence-electron chi connectivity index (χ1n) is 8.65. The van der Waals surface area contributed by atoms with Crippen LogP contribution in [0.25, 0.3) is 0 Å². The van der Waals surface area contributed by atoms with Crippen LogP contribution < -0.4 is 0 Å². The first-order chi connectivity index (χ1) is 11.8. The molecule has 6 heteroatoms. The van der Waals surface area contributed by atoms with Crippen molar-refractivity contribution in [3.63, 3.8) is 0 Å². The SMILES string of the molecule is CC(C)(C)OC(=O)N1CCN(C(=O)C2CC(=O)c3ccccc32)CC1. The van der Waals surface area contributed by atoms with Gasteiger partial charge in [-0.2, -0.15) is 0 Å². The lowest BCUT2D eigenvalue weighted by Gasteiger charge is -2.36. The van der Waals surface area contributed by atoms with Crippen molar-refractivity contribution < 1.29 is 19.1 Å². The molecule has 1 saturated heterocycles. The second-order valence-corrected chi connectivity index (χ2v) is 7.56. The molecule has 0 saturated carbocycles. The number of carbonyl (C=O) groups excluding carboxylic acids is 3. The van der Waals surface area contributed by atoms with Gasteiger partial charge in [0, 0.05) is 38.2 Å². The summed E-state index contributed by atoms with van der Waals surface area (Å²) >= 11 is 0. The Morgan fingerprint density at radius 1 is 1.04 bits per heavy atom. The Bertz CT molecular complexity index is 700. The van der Waals surface area contributed by atoms with Gasteiger partial charge in [-0.3, -0.25) is 9.59 Å². The Balaban J connectivity index is 1.61. The van der Waals surface area contributed by atoms with Gasteiger partial charge in [0.2, 0.25) is 5.91 Å². The fraction of sp³-hybridized carbons (Fsp3) is 0.526. The molecule has 2 amide bonds. The number of ether oxygens (including phenoxy) is 1. The highest BCUT2D eigenvalue weighted by molar-refractivity contribution is 6.06. The van der Waals surface area contributed by atoms with Crippen LogP contribution in [0.15, 0.2) is 24.3 Å². The van der Waals surface area contributed by atoms with Crippen molar-refractivity contribution in [2.24, 2.45) is 0 Å². The Hall–Kier alpha value is -2.37. The van der Waals surface area contributed by atoms with Crippen LogP contribution in [-0.2, 0) is 9.53 Å². The van der Waals surface area contributed by atoms with E-state index in [0.717, 1.165) is 5.56 Å². The topological polar surface area (TPSA) is 66.9 Å². The highest BCUT2D eigenvalue weighted by Gasteiger charge is 2.37. The largest absolute Gasteiger partial charge is 0.444 e. The lowest BCUT2D eigenvalue weighted by molar-refractivity contribution is -0.134. The summed E-state index contributed by atoms with van der Waals surface area (Å²) in [5, 5.41) is 0. The molecule has 25 heavy (non-hydrogen) atoms. The second-order valence-electron chi connectivity index (χ2n) is 7.56. The van der Waals surface area contributed by atoms with Gasteiger partial charge >= 0.3 is 6.09 Å². The van der Waals surface area contributed by atoms with Crippen molar-refractivity contribution in [3.8, 4) is 0 Å². The summed E-state index contributed by atoms with van der Waals surface area (Å²) in [6.45, 7) is 7.32. The third-order valence-corrected chi connectivity index (χ3v) is 4.57. The van der Waals surface area contributed by atoms with Gasteiger partial charge in [0.25, 0.3) is 0 Å². The third-order valence-electron chi connectivity index (χ3n) is 4.57. The van der Waals surface area contributed by atoms with Crippen molar-refractivity contribution in [2.75, 3.05) is 26.2 Å². The number of carbonyl (C=O) groups is 3. The summed E-state index contributed by atoms with van der Waals surface area (Å²) < 4.78 is 5.37. The summed E-state index contributed by atoms with van der Waals surface area (Å²) in [6.07, 6.45) is -0.106. The maximum Gasteiger partial charge on any atom is 0.410 e. The smallest absolute Gasteiger partial charge is 0.410 e. The van der Waals surface area contributed by atoms with E-state index in [1.807, 2.05) is 39.0 Å². The van der Waals surface area contributed by atoms with E-state index < -0.39 is 11.5 Å². The Morgan fingerprint density at radius 2 is 1.64 bits per heavy atom. The molecule has 2 aliphatic rings. The van der Waals surface area contributed by atoms with E-state index in [1.165, 1.54) is 0 Å². The average Bonchev–Trinajstić information content (AvgIpc) is 2.90. The summed E-state index contributed by atoms with van der Waals surface area (Å²) in [5.41, 5.74) is 0.957. The predicted octanol–water partition coefficient (Wildman–Crippen LogP) is 2.44. The van der Waals surface area contributed by atoms with Crippen LogP contribution in [-0.4, -0.2) is 59.4 Å². The number of piperazine rings is 1. The lowest BCUT2D eigenvalue weighted by atomic mass is 9.99. The van der Waals surface area contributed by atoms with Crippen LogP contribution in [0.5, 0.6) is 0 Å². The van der Waals surface area contributed by atoms with Gasteiger partial charge < -0.3 is 14.5 Å². The molecule has 3 rings (SSSR count). The number of hydrogen-bond donors (Lipinski definition) is 0. The fourth-order valence-electron chi connectivity index (χ4n) is 3.34. The van der Waals surface area contributed by atoms with Crippen LogP contribution >= 0.6 is 0 Å². The van der Waals surface area contributed by atoms with Crippen molar-refractivity contribution in [2.45, 2.75) is 38.7 Å². The standard InChI is InChI=1S/C19H24N2O4/c1-19(2,3)25-18(24)21-10-8-20(9-11-21)17(23)15-12-16(22)14-7-5-4-6-13(14)15/h4-7,15H,8-12H2,1-3H3. The monoisotopic (exact) mass is 344 g/mol. The summed E-state index contributed by atoms with van der Waals surface area (Å²) in [6, 6.07) is 7.33. The molecule has 1 aromatic rings. The van der Waals surface area contributed by atoms with E-state index in [-0.39, 0.29) is 24.2 Å². The minimum Gasteiger partial charge on any atom is -0.444 e. The molecule has 0 bridgehead atoms. The molecule has 0 radical (unpaired) electrons. The van der Waals surface area contributed by atoms with Crippen molar-refractivity contribution in [1.82, 2.24) is 9.80 Å². The highest BCUT2D eigenvalue weighted by atomic mass is 16.6. The molecule has 134 valence electrons. The van der Waals surface area contributed by atoms with Gasteiger partial charge in [-0.25, -0.2) is 4.79 Å². The summed E-state index contributed by atoms with van der Waals surface area (Å²) in [5.74, 6) is -0.389. The Morgan fingerprint density at radius 3 is 2.28 bits per heavy atom. The van der Waals surface area contributed by atoms with Gasteiger partial charge in [0.1, 0.15) is 5.60 Å². The second kappa shape index (κ2) is 6.50. The zero-order valence-electron chi connectivity index (χ0n) is 14.9. The Kier molecular flexibility index (Phi) is 4.54. The maximum atomic E-state index is 12.9. The van der Waals surface area contributed by atoms with E-state index in [4.69, 9.17) is 4.74 Å². The van der Waals surface area contributed by atoms with Crippen molar-refractivity contribution in [1.29, 1.82) is 0 Å². The highest BCUT2D eigenvalue weighted by Crippen LogP contribution is 2.34. The molecule has 6 nitrogen and oxygen atoms in total. The molecule has 1 heterocycles. The molecule has 1 atom stereocenters. The molecular formula is C19H24N2O4. The number of benzene rings is 1. The van der Waals surface area contributed by atoms with E-state index in [0.29, 0.717) is 31.7 Å². The molecule has 1 unspecified atom stereocenters. The minimum atomic E-state index is -0.530. The molecule has 1 aliphatic heterocycles. The van der Waals surface area contributed by atoms with Crippen LogP contribution in [0, 0.1) is 0 Å². The van der Waals surface area contributed by atoms with Crippen LogP contribution in [0.3, 0.4) is 0 Å². The third kappa shape index (κ3) is 3.67. The number of rotatable bonds is 1.